The van der Waals surface area contributed by atoms with E-state index in [1.165, 1.54) is 0 Å². The minimum atomic E-state index is 0.128. The Kier molecular flexibility index (Phi) is 7.88. The van der Waals surface area contributed by atoms with Gasteiger partial charge < -0.3 is 20.5 Å². The van der Waals surface area contributed by atoms with Crippen molar-refractivity contribution in [3.8, 4) is 0 Å². The average molecular weight is 412 g/mol. The zero-order chi connectivity index (χ0) is 21.3. The second kappa shape index (κ2) is 10.8. The van der Waals surface area contributed by atoms with Crippen LogP contribution in [0.1, 0.15) is 68.9 Å². The Hall–Kier alpha value is -2.83. The van der Waals surface area contributed by atoms with Gasteiger partial charge in [-0.2, -0.15) is 0 Å². The maximum absolute atomic E-state index is 12.2. The molecule has 1 heterocycles. The molecule has 0 unspecified atom stereocenters. The van der Waals surface area contributed by atoms with E-state index in [4.69, 9.17) is 4.52 Å². The van der Waals surface area contributed by atoms with Crippen molar-refractivity contribution in [3.05, 3.63) is 47.3 Å². The molecule has 1 fully saturated rings. The number of rotatable bonds is 9. The molecule has 30 heavy (non-hydrogen) atoms. The van der Waals surface area contributed by atoms with Crippen molar-refractivity contribution in [1.82, 2.24) is 15.8 Å². The topological polar surface area (TPSA) is 91.6 Å². The molecule has 0 radical (unpaired) electrons. The molecule has 1 aliphatic carbocycles. The summed E-state index contributed by atoms with van der Waals surface area (Å²) in [6, 6.07) is 9.92. The second-order valence-corrected chi connectivity index (χ2v) is 7.83. The Balaban J connectivity index is 1.48. The van der Waals surface area contributed by atoms with Gasteiger partial charge in [-0.05, 0) is 43.4 Å². The molecule has 1 aromatic heterocycles. The van der Waals surface area contributed by atoms with Gasteiger partial charge >= 0.3 is 0 Å². The molecule has 0 atom stereocenters. The fraction of sp³-hybridized carbons (Fsp3) is 0.522. The van der Waals surface area contributed by atoms with Gasteiger partial charge in [-0.1, -0.05) is 37.6 Å². The summed E-state index contributed by atoms with van der Waals surface area (Å²) >= 11 is 0. The zero-order valence-electron chi connectivity index (χ0n) is 18.2. The summed E-state index contributed by atoms with van der Waals surface area (Å²) in [5.74, 6) is 2.22. The van der Waals surface area contributed by atoms with Crippen molar-refractivity contribution in [2.45, 2.75) is 65.0 Å². The molecular formula is C23H33N5O2. The van der Waals surface area contributed by atoms with E-state index in [0.717, 1.165) is 54.8 Å². The lowest BCUT2D eigenvalue weighted by molar-refractivity contribution is -0.122. The smallest absolute Gasteiger partial charge is 0.227 e. The first-order valence-electron chi connectivity index (χ1n) is 10.9. The molecule has 0 saturated heterocycles. The van der Waals surface area contributed by atoms with Crippen molar-refractivity contribution < 1.29 is 9.32 Å². The highest BCUT2D eigenvalue weighted by Gasteiger charge is 2.25. The zero-order valence-corrected chi connectivity index (χ0v) is 18.2. The van der Waals surface area contributed by atoms with E-state index in [2.05, 4.69) is 39.9 Å². The van der Waals surface area contributed by atoms with Gasteiger partial charge in [0.2, 0.25) is 5.91 Å². The third-order valence-electron chi connectivity index (χ3n) is 5.77. The summed E-state index contributed by atoms with van der Waals surface area (Å²) in [5, 5.41) is 13.8. The predicted octanol–water partition coefficient (Wildman–Crippen LogP) is 4.18. The molecule has 1 aliphatic rings. The van der Waals surface area contributed by atoms with Gasteiger partial charge in [0.05, 0.1) is 12.2 Å². The molecule has 0 spiro atoms. The van der Waals surface area contributed by atoms with Crippen LogP contribution in [0.2, 0.25) is 0 Å². The molecule has 0 bridgehead atoms. The number of aliphatic imine (C=N–C) groups is 1. The first kappa shape index (κ1) is 21.9. The summed E-state index contributed by atoms with van der Waals surface area (Å²) in [6.07, 6.45) is 5.26. The number of nitrogens with zero attached hydrogens (tertiary/aromatic N) is 2. The Morgan fingerprint density at radius 3 is 2.63 bits per heavy atom. The van der Waals surface area contributed by atoms with Gasteiger partial charge in [-0.25, -0.2) is 0 Å². The molecule has 162 valence electrons. The maximum Gasteiger partial charge on any atom is 0.227 e. The standard InChI is InChI=1S/C23H33N5O2/c1-4-17(5-2)21-13-20(30-28-21)15-26-23(24-3)25-14-16-8-6-11-19(12-16)27-22(29)18-9-7-10-18/h6,8,11-13,17-18H,4-5,7,9-10,14-15H2,1-3H3,(H,27,29)(H2,24,25,26). The van der Waals surface area contributed by atoms with Crippen molar-refractivity contribution in [1.29, 1.82) is 0 Å². The van der Waals surface area contributed by atoms with Crippen LogP contribution in [0.4, 0.5) is 5.69 Å². The average Bonchev–Trinajstić information content (AvgIpc) is 3.17. The molecule has 0 aliphatic heterocycles. The van der Waals surface area contributed by atoms with E-state index in [-0.39, 0.29) is 11.8 Å². The summed E-state index contributed by atoms with van der Waals surface area (Å²) in [5.41, 5.74) is 2.92. The Morgan fingerprint density at radius 1 is 1.20 bits per heavy atom. The highest BCUT2D eigenvalue weighted by molar-refractivity contribution is 5.93. The summed E-state index contributed by atoms with van der Waals surface area (Å²) in [6.45, 7) is 5.45. The van der Waals surface area contributed by atoms with Crippen LogP contribution in [0.25, 0.3) is 0 Å². The van der Waals surface area contributed by atoms with E-state index in [0.29, 0.717) is 25.0 Å². The molecule has 7 nitrogen and oxygen atoms in total. The number of aromatic nitrogens is 1. The van der Waals surface area contributed by atoms with Gasteiger partial charge in [0.15, 0.2) is 11.7 Å². The number of carbonyl (C=O) groups excluding carboxylic acids is 1. The Bertz CT molecular complexity index is 853. The number of nitrogens with one attached hydrogen (secondary N) is 3. The first-order chi connectivity index (χ1) is 14.6. The largest absolute Gasteiger partial charge is 0.359 e. The van der Waals surface area contributed by atoms with Crippen molar-refractivity contribution >= 4 is 17.6 Å². The van der Waals surface area contributed by atoms with Gasteiger partial charge in [0.1, 0.15) is 0 Å². The molecule has 1 amide bonds. The summed E-state index contributed by atoms with van der Waals surface area (Å²) in [4.78, 5) is 16.4. The van der Waals surface area contributed by atoms with Crippen LogP contribution in [0, 0.1) is 5.92 Å². The first-order valence-corrected chi connectivity index (χ1v) is 10.9. The Labute approximate surface area is 178 Å². The number of guanidine groups is 1. The number of benzene rings is 1. The minimum Gasteiger partial charge on any atom is -0.359 e. The lowest BCUT2D eigenvalue weighted by Crippen LogP contribution is -2.36. The van der Waals surface area contributed by atoms with E-state index >= 15 is 0 Å². The van der Waals surface area contributed by atoms with Gasteiger partial charge in [0, 0.05) is 37.2 Å². The van der Waals surface area contributed by atoms with Crippen LogP contribution in [0.5, 0.6) is 0 Å². The van der Waals surface area contributed by atoms with E-state index in [9.17, 15) is 4.79 Å². The quantitative estimate of drug-likeness (QED) is 0.425. The molecular weight excluding hydrogens is 378 g/mol. The third kappa shape index (κ3) is 5.84. The maximum atomic E-state index is 12.2. The third-order valence-corrected chi connectivity index (χ3v) is 5.77. The van der Waals surface area contributed by atoms with Crippen molar-refractivity contribution in [2.24, 2.45) is 10.9 Å². The van der Waals surface area contributed by atoms with E-state index in [1.54, 1.807) is 7.05 Å². The highest BCUT2D eigenvalue weighted by Crippen LogP contribution is 2.27. The molecule has 7 heteroatoms. The van der Waals surface area contributed by atoms with Gasteiger partial charge in [-0.15, -0.1) is 0 Å². The Morgan fingerprint density at radius 2 is 1.97 bits per heavy atom. The normalized spacial score (nSPS) is 14.5. The van der Waals surface area contributed by atoms with Crippen LogP contribution < -0.4 is 16.0 Å². The van der Waals surface area contributed by atoms with Crippen LogP contribution in [-0.4, -0.2) is 24.1 Å². The monoisotopic (exact) mass is 411 g/mol. The number of amides is 1. The lowest BCUT2D eigenvalue weighted by atomic mass is 9.85. The van der Waals surface area contributed by atoms with E-state index < -0.39 is 0 Å². The van der Waals surface area contributed by atoms with Crippen LogP contribution in [0.15, 0.2) is 39.8 Å². The fourth-order valence-corrected chi connectivity index (χ4v) is 3.56. The molecule has 3 rings (SSSR count). The van der Waals surface area contributed by atoms with Crippen molar-refractivity contribution in [3.63, 3.8) is 0 Å². The summed E-state index contributed by atoms with van der Waals surface area (Å²) in [7, 11) is 1.74. The number of hydrogen-bond donors (Lipinski definition) is 3. The minimum absolute atomic E-state index is 0.128. The molecule has 1 saturated carbocycles. The molecule has 3 N–H and O–H groups in total. The van der Waals surface area contributed by atoms with Crippen LogP contribution in [-0.2, 0) is 17.9 Å². The SMILES string of the molecule is CCC(CC)c1cc(CNC(=NC)NCc2cccc(NC(=O)C3CCC3)c2)on1. The van der Waals surface area contributed by atoms with Crippen molar-refractivity contribution in [2.75, 3.05) is 12.4 Å². The van der Waals surface area contributed by atoms with Gasteiger partial charge in [0.25, 0.3) is 0 Å². The van der Waals surface area contributed by atoms with Crippen LogP contribution >= 0.6 is 0 Å². The predicted molar refractivity (Wildman–Crippen MR) is 119 cm³/mol. The molecule has 1 aromatic carbocycles. The molecule has 2 aromatic rings. The van der Waals surface area contributed by atoms with Crippen LogP contribution in [0.3, 0.4) is 0 Å². The number of hydrogen-bond acceptors (Lipinski definition) is 4. The highest BCUT2D eigenvalue weighted by atomic mass is 16.5. The lowest BCUT2D eigenvalue weighted by Gasteiger charge is -2.24. The summed E-state index contributed by atoms with van der Waals surface area (Å²) < 4.78 is 5.46. The van der Waals surface area contributed by atoms with E-state index in [1.807, 2.05) is 30.3 Å². The fourth-order valence-electron chi connectivity index (χ4n) is 3.56. The number of carbonyl (C=O) groups is 1. The number of anilines is 1. The van der Waals surface area contributed by atoms with Gasteiger partial charge in [-0.3, -0.25) is 9.79 Å². The second-order valence-electron chi connectivity index (χ2n) is 7.83.